The number of imidazole rings is 1. The molecule has 1 aromatic heterocycles. The van der Waals surface area contributed by atoms with E-state index < -0.39 is 0 Å². The van der Waals surface area contributed by atoms with Crippen molar-refractivity contribution in [2.75, 3.05) is 18.0 Å². The molecule has 3 heteroatoms. The Morgan fingerprint density at radius 3 is 2.47 bits per heavy atom. The maximum atomic E-state index is 5.34. The molecule has 0 spiro atoms. The Hall–Kier alpha value is -2.39. The fourth-order valence-corrected chi connectivity index (χ4v) is 1.83. The summed E-state index contributed by atoms with van der Waals surface area (Å²) in [5.41, 5.74) is 2.02. The molecule has 0 saturated heterocycles. The van der Waals surface area contributed by atoms with Gasteiger partial charge in [-0.1, -0.05) is 24.0 Å². The van der Waals surface area contributed by atoms with E-state index in [1.165, 1.54) is 0 Å². The van der Waals surface area contributed by atoms with Crippen molar-refractivity contribution in [2.24, 2.45) is 7.05 Å². The maximum absolute atomic E-state index is 5.34. The molecule has 17 heavy (non-hydrogen) atoms. The highest BCUT2D eigenvalue weighted by molar-refractivity contribution is 5.78. The molecule has 2 rings (SSSR count). The lowest BCUT2D eigenvalue weighted by molar-refractivity contribution is 0.844. The highest BCUT2D eigenvalue weighted by atomic mass is 15.3. The Labute approximate surface area is 101 Å². The lowest BCUT2D eigenvalue weighted by atomic mass is 10.3. The Balaban J connectivity index is 2.51. The first-order valence-corrected chi connectivity index (χ1v) is 5.31. The van der Waals surface area contributed by atoms with Crippen molar-refractivity contribution in [3.63, 3.8) is 0 Å². The normalized spacial score (nSPS) is 9.82. The number of aryl methyl sites for hydroxylation is 1. The van der Waals surface area contributed by atoms with E-state index in [1.807, 2.05) is 40.8 Å². The van der Waals surface area contributed by atoms with Gasteiger partial charge in [-0.15, -0.1) is 12.8 Å². The first-order valence-electron chi connectivity index (χ1n) is 5.31. The van der Waals surface area contributed by atoms with E-state index in [0.717, 1.165) is 17.0 Å². The van der Waals surface area contributed by atoms with E-state index in [9.17, 15) is 0 Å². The van der Waals surface area contributed by atoms with Crippen LogP contribution in [0.2, 0.25) is 0 Å². The van der Waals surface area contributed by atoms with Crippen molar-refractivity contribution in [3.8, 4) is 24.7 Å². The Kier molecular flexibility index (Phi) is 3.03. The van der Waals surface area contributed by atoms with Crippen LogP contribution in [-0.4, -0.2) is 22.6 Å². The molecule has 0 fully saturated rings. The van der Waals surface area contributed by atoms with Crippen molar-refractivity contribution in [2.45, 2.75) is 0 Å². The fraction of sp³-hybridized carbons (Fsp3) is 0.214. The van der Waals surface area contributed by atoms with Gasteiger partial charge in [-0.25, -0.2) is 4.98 Å². The van der Waals surface area contributed by atoms with Crippen LogP contribution in [0.5, 0.6) is 0 Å². The van der Waals surface area contributed by atoms with Gasteiger partial charge in [0.2, 0.25) is 5.95 Å². The van der Waals surface area contributed by atoms with Gasteiger partial charge in [-0.2, -0.15) is 0 Å². The van der Waals surface area contributed by atoms with Crippen molar-refractivity contribution < 1.29 is 0 Å². The molecular formula is C14H13N3. The molecule has 0 amide bonds. The molecule has 0 unspecified atom stereocenters. The molecule has 0 saturated carbocycles. The lowest BCUT2D eigenvalue weighted by Crippen LogP contribution is -2.26. The van der Waals surface area contributed by atoms with Gasteiger partial charge in [-0.3, -0.25) is 0 Å². The van der Waals surface area contributed by atoms with Crippen LogP contribution in [0.25, 0.3) is 11.0 Å². The maximum Gasteiger partial charge on any atom is 0.207 e. The minimum absolute atomic E-state index is 0.460. The van der Waals surface area contributed by atoms with E-state index in [1.54, 1.807) is 0 Å². The third-order valence-corrected chi connectivity index (χ3v) is 2.61. The smallest absolute Gasteiger partial charge is 0.207 e. The summed E-state index contributed by atoms with van der Waals surface area (Å²) in [7, 11) is 1.96. The highest BCUT2D eigenvalue weighted by Gasteiger charge is 2.12. The van der Waals surface area contributed by atoms with Crippen LogP contribution in [0.4, 0.5) is 5.95 Å². The number of para-hydroxylation sites is 2. The Morgan fingerprint density at radius 2 is 1.88 bits per heavy atom. The first-order chi connectivity index (χ1) is 8.27. The molecule has 0 aliphatic rings. The van der Waals surface area contributed by atoms with Crippen LogP contribution >= 0.6 is 0 Å². The lowest BCUT2D eigenvalue weighted by Gasteiger charge is -2.18. The second-order valence-corrected chi connectivity index (χ2v) is 3.72. The van der Waals surface area contributed by atoms with Gasteiger partial charge in [-0.05, 0) is 12.1 Å². The van der Waals surface area contributed by atoms with Gasteiger partial charge >= 0.3 is 0 Å². The van der Waals surface area contributed by atoms with E-state index >= 15 is 0 Å². The molecular weight excluding hydrogens is 210 g/mol. The third kappa shape index (κ3) is 1.96. The Morgan fingerprint density at radius 1 is 1.24 bits per heavy atom. The molecule has 1 aromatic carbocycles. The minimum atomic E-state index is 0.460. The first kappa shape index (κ1) is 11.1. The van der Waals surface area contributed by atoms with Gasteiger partial charge in [0.1, 0.15) is 0 Å². The van der Waals surface area contributed by atoms with Crippen molar-refractivity contribution in [1.82, 2.24) is 9.55 Å². The minimum Gasteiger partial charge on any atom is -0.320 e. The largest absolute Gasteiger partial charge is 0.320 e. The summed E-state index contributed by atoms with van der Waals surface area (Å²) in [5.74, 6) is 6.01. The molecule has 0 bridgehead atoms. The number of terminal acetylenes is 2. The zero-order valence-corrected chi connectivity index (χ0v) is 9.72. The number of hydrogen-bond donors (Lipinski definition) is 0. The monoisotopic (exact) mass is 223 g/mol. The molecule has 0 aliphatic carbocycles. The summed E-state index contributed by atoms with van der Waals surface area (Å²) in [6.07, 6.45) is 10.7. The van der Waals surface area contributed by atoms with Gasteiger partial charge in [0.25, 0.3) is 0 Å². The van der Waals surface area contributed by atoms with Gasteiger partial charge in [0, 0.05) is 7.05 Å². The second-order valence-electron chi connectivity index (χ2n) is 3.72. The zero-order chi connectivity index (χ0) is 12.3. The van der Waals surface area contributed by atoms with Crippen molar-refractivity contribution in [1.29, 1.82) is 0 Å². The molecule has 3 nitrogen and oxygen atoms in total. The quantitative estimate of drug-likeness (QED) is 0.738. The van der Waals surface area contributed by atoms with Crippen LogP contribution in [0.3, 0.4) is 0 Å². The van der Waals surface area contributed by atoms with Gasteiger partial charge in [0.15, 0.2) is 0 Å². The number of fused-ring (bicyclic) bond motifs is 1. The molecule has 0 radical (unpaired) electrons. The number of benzene rings is 1. The third-order valence-electron chi connectivity index (χ3n) is 2.61. The van der Waals surface area contributed by atoms with E-state index in [4.69, 9.17) is 12.8 Å². The van der Waals surface area contributed by atoms with E-state index in [-0.39, 0.29) is 0 Å². The van der Waals surface area contributed by atoms with E-state index in [0.29, 0.717) is 13.1 Å². The van der Waals surface area contributed by atoms with Crippen LogP contribution in [0.15, 0.2) is 24.3 Å². The van der Waals surface area contributed by atoms with Crippen LogP contribution in [-0.2, 0) is 7.05 Å². The predicted molar refractivity (Wildman–Crippen MR) is 70.6 cm³/mol. The van der Waals surface area contributed by atoms with Crippen LogP contribution in [0, 0.1) is 24.7 Å². The fourth-order valence-electron chi connectivity index (χ4n) is 1.83. The van der Waals surface area contributed by atoms with Gasteiger partial charge in [0.05, 0.1) is 24.1 Å². The number of rotatable bonds is 3. The molecule has 0 atom stereocenters. The Bertz CT molecular complexity index is 594. The summed E-state index contributed by atoms with van der Waals surface area (Å²) >= 11 is 0. The highest BCUT2D eigenvalue weighted by Crippen LogP contribution is 2.20. The van der Waals surface area contributed by atoms with Crippen molar-refractivity contribution >= 4 is 17.0 Å². The SMILES string of the molecule is C#CCN(CC#C)c1nc2ccccc2n1C. The zero-order valence-electron chi connectivity index (χ0n) is 9.72. The molecule has 2 aromatic rings. The molecule has 0 N–H and O–H groups in total. The topological polar surface area (TPSA) is 21.1 Å². The second kappa shape index (κ2) is 4.63. The standard InChI is InChI=1S/C14H13N3/c1-4-10-17(11-5-2)14-15-12-8-6-7-9-13(12)16(14)3/h1-2,6-9H,10-11H2,3H3. The average Bonchev–Trinajstić information content (AvgIpc) is 2.67. The van der Waals surface area contributed by atoms with Gasteiger partial charge < -0.3 is 9.47 Å². The van der Waals surface area contributed by atoms with E-state index in [2.05, 4.69) is 16.8 Å². The summed E-state index contributed by atoms with van der Waals surface area (Å²) in [6.45, 7) is 0.919. The predicted octanol–water partition coefficient (Wildman–Crippen LogP) is 1.65. The summed E-state index contributed by atoms with van der Waals surface area (Å²) in [4.78, 5) is 6.45. The summed E-state index contributed by atoms with van der Waals surface area (Å²) < 4.78 is 2.00. The molecule has 1 heterocycles. The molecule has 84 valence electrons. The molecule has 0 aliphatic heterocycles. The summed E-state index contributed by atoms with van der Waals surface area (Å²) in [6, 6.07) is 7.95. The summed E-state index contributed by atoms with van der Waals surface area (Å²) in [5, 5.41) is 0. The van der Waals surface area contributed by atoms with Crippen LogP contribution < -0.4 is 4.90 Å². The number of anilines is 1. The number of hydrogen-bond acceptors (Lipinski definition) is 2. The van der Waals surface area contributed by atoms with Crippen LogP contribution in [0.1, 0.15) is 0 Å². The average molecular weight is 223 g/mol. The van der Waals surface area contributed by atoms with Crippen molar-refractivity contribution in [3.05, 3.63) is 24.3 Å². The number of nitrogens with zero attached hydrogens (tertiary/aromatic N) is 3. The number of aromatic nitrogens is 2.